The summed E-state index contributed by atoms with van der Waals surface area (Å²) in [6, 6.07) is 10.3. The first kappa shape index (κ1) is 26.0. The molecule has 1 N–H and O–H groups in total. The smallest absolute Gasteiger partial charge is 1.00 e. The third-order valence-electron chi connectivity index (χ3n) is 5.92. The Morgan fingerprint density at radius 1 is 1.22 bits per heavy atom. The molecule has 0 fully saturated rings. The monoisotopic (exact) mass is 521 g/mol. The zero-order valence-corrected chi connectivity index (χ0v) is 21.9. The van der Waals surface area contributed by atoms with E-state index in [-0.39, 0.29) is 71.8 Å². The van der Waals surface area contributed by atoms with Gasteiger partial charge in [-0.05, 0) is 35.9 Å². The number of carbonyl (C=O) groups is 1. The maximum Gasteiger partial charge on any atom is 2.00 e. The molecule has 36 heavy (non-hydrogen) atoms. The predicted molar refractivity (Wildman–Crippen MR) is 131 cm³/mol. The number of methoxy groups -OCH3 is 2. The summed E-state index contributed by atoms with van der Waals surface area (Å²) in [5.41, 5.74) is 2.94. The summed E-state index contributed by atoms with van der Waals surface area (Å²) in [6.07, 6.45) is 1.72. The first-order valence-corrected chi connectivity index (χ1v) is 10.8. The summed E-state index contributed by atoms with van der Waals surface area (Å²) in [4.78, 5) is 22.5. The molecule has 0 radical (unpaired) electrons. The molecule has 11 heteroatoms. The fourth-order valence-corrected chi connectivity index (χ4v) is 4.13. The molecular weight excluding hydrogens is 497 g/mol. The van der Waals surface area contributed by atoms with E-state index in [4.69, 9.17) is 18.6 Å². The molecule has 0 saturated carbocycles. The second-order valence-electron chi connectivity index (χ2n) is 8.01. The first-order chi connectivity index (χ1) is 17.0. The Bertz CT molecular complexity index is 1410. The van der Waals surface area contributed by atoms with E-state index >= 15 is 0 Å². The number of benzene rings is 2. The SMILES string of the molecule is COc1ccc(COc2c(OC)ccc3c2C[C@@H](C(=O)O)N(c2nc4ccc(F)cc4o2)C3)nc1.[Ca+2].[H-].[H-]. The Kier molecular flexibility index (Phi) is 7.87. The Hall–Kier alpha value is -3.08. The molecule has 184 valence electrons. The summed E-state index contributed by atoms with van der Waals surface area (Å²) in [5.74, 6) is 0.0870. The predicted octanol–water partition coefficient (Wildman–Crippen LogP) is 3.82. The van der Waals surface area contributed by atoms with Gasteiger partial charge in [-0.3, -0.25) is 4.98 Å². The molecule has 0 amide bonds. The number of carboxylic acids is 1. The number of fused-ring (bicyclic) bond motifs is 2. The van der Waals surface area contributed by atoms with Crippen LogP contribution in [0.25, 0.3) is 11.1 Å². The molecule has 2 aromatic carbocycles. The molecule has 9 nitrogen and oxygen atoms in total. The number of carboxylic acid groups (broad SMARTS) is 1. The van der Waals surface area contributed by atoms with Gasteiger partial charge >= 0.3 is 43.7 Å². The molecule has 0 spiro atoms. The van der Waals surface area contributed by atoms with Crippen molar-refractivity contribution >= 4 is 60.8 Å². The number of nitrogens with zero attached hydrogens (tertiary/aromatic N) is 3. The van der Waals surface area contributed by atoms with E-state index < -0.39 is 17.8 Å². The van der Waals surface area contributed by atoms with Crippen molar-refractivity contribution in [2.24, 2.45) is 0 Å². The zero-order valence-electron chi connectivity index (χ0n) is 21.7. The van der Waals surface area contributed by atoms with E-state index in [1.807, 2.05) is 6.07 Å². The average molecular weight is 522 g/mol. The van der Waals surface area contributed by atoms with E-state index in [0.717, 1.165) is 11.1 Å². The normalized spacial score (nSPS) is 14.6. The Balaban J connectivity index is 0.00000169. The Morgan fingerprint density at radius 2 is 2.06 bits per heavy atom. The number of halogens is 1. The minimum absolute atomic E-state index is 0. The minimum atomic E-state index is -1.05. The van der Waals surface area contributed by atoms with Crippen LogP contribution in [0.3, 0.4) is 0 Å². The Labute approximate surface area is 238 Å². The van der Waals surface area contributed by atoms with Gasteiger partial charge in [0.25, 0.3) is 6.01 Å². The van der Waals surface area contributed by atoms with Crippen molar-refractivity contribution in [2.75, 3.05) is 19.1 Å². The second kappa shape index (κ2) is 10.9. The maximum atomic E-state index is 13.6. The first-order valence-electron chi connectivity index (χ1n) is 10.8. The molecule has 3 heterocycles. The van der Waals surface area contributed by atoms with Crippen molar-refractivity contribution in [3.05, 3.63) is 71.3 Å². The number of hydrogen-bond acceptors (Lipinski definition) is 8. The fourth-order valence-electron chi connectivity index (χ4n) is 4.13. The summed E-state index contributed by atoms with van der Waals surface area (Å²) < 4.78 is 36.1. The molecule has 1 aliphatic heterocycles. The summed E-state index contributed by atoms with van der Waals surface area (Å²) in [5, 5.41) is 10.0. The van der Waals surface area contributed by atoms with Crippen molar-refractivity contribution in [3.8, 4) is 17.2 Å². The van der Waals surface area contributed by atoms with Gasteiger partial charge in [-0.2, -0.15) is 4.98 Å². The minimum Gasteiger partial charge on any atom is -1.00 e. The molecule has 0 bridgehead atoms. The second-order valence-corrected chi connectivity index (χ2v) is 8.01. The van der Waals surface area contributed by atoms with Crippen LogP contribution in [0, 0.1) is 5.82 Å². The van der Waals surface area contributed by atoms with Gasteiger partial charge in [0, 0.05) is 24.6 Å². The van der Waals surface area contributed by atoms with Crippen LogP contribution in [0.15, 0.2) is 53.1 Å². The number of aromatic nitrogens is 2. The van der Waals surface area contributed by atoms with Gasteiger partial charge in [-0.15, -0.1) is 0 Å². The van der Waals surface area contributed by atoms with Crippen LogP contribution in [-0.2, 0) is 24.4 Å². The summed E-state index contributed by atoms with van der Waals surface area (Å²) >= 11 is 0. The number of hydrogen-bond donors (Lipinski definition) is 1. The maximum absolute atomic E-state index is 13.6. The van der Waals surface area contributed by atoms with Crippen LogP contribution < -0.4 is 19.1 Å². The van der Waals surface area contributed by atoms with Gasteiger partial charge in [-0.25, -0.2) is 9.18 Å². The standard InChI is InChI=1S/C25H22FN3O6.Ca.2H/c1-32-17-6-5-16(27-11-17)13-34-23-18-10-20(24(30)31)29(12-14(18)3-8-21(23)33-2)25-28-19-7-4-15(26)9-22(19)35-25;;;/h3-9,11,20H,10,12-13H2,1-2H3,(H,30,31);;;/q;+2;2*-1/t20-;;;/m0.../s1. The number of rotatable bonds is 7. The Morgan fingerprint density at radius 3 is 2.75 bits per heavy atom. The van der Waals surface area contributed by atoms with Crippen molar-refractivity contribution in [3.63, 3.8) is 0 Å². The molecule has 1 aliphatic rings. The molecule has 1 atom stereocenters. The molecule has 2 aromatic heterocycles. The van der Waals surface area contributed by atoms with Gasteiger partial charge in [0.1, 0.15) is 29.7 Å². The quantitative estimate of drug-likeness (QED) is 0.363. The fraction of sp³-hybridized carbons (Fsp3) is 0.240. The van der Waals surface area contributed by atoms with Gasteiger partial charge in [-0.1, -0.05) is 6.07 Å². The van der Waals surface area contributed by atoms with Gasteiger partial charge in [0.05, 0.1) is 26.1 Å². The van der Waals surface area contributed by atoms with Crippen LogP contribution in [0.4, 0.5) is 10.4 Å². The van der Waals surface area contributed by atoms with E-state index in [9.17, 15) is 14.3 Å². The number of pyridine rings is 1. The topological polar surface area (TPSA) is 107 Å². The molecule has 0 aliphatic carbocycles. The number of aliphatic carboxylic acids is 1. The summed E-state index contributed by atoms with van der Waals surface area (Å²) in [6.45, 7) is 0.373. The van der Waals surface area contributed by atoms with Crippen LogP contribution in [-0.4, -0.2) is 79.0 Å². The number of ether oxygens (including phenoxy) is 3. The van der Waals surface area contributed by atoms with Crippen molar-refractivity contribution < 1.29 is 35.8 Å². The van der Waals surface area contributed by atoms with Crippen molar-refractivity contribution in [1.82, 2.24) is 9.97 Å². The summed E-state index contributed by atoms with van der Waals surface area (Å²) in [7, 11) is 3.09. The average Bonchev–Trinajstić information content (AvgIpc) is 3.29. The molecule has 0 unspecified atom stereocenters. The number of oxazole rings is 1. The molecular formula is C25H24CaFN3O6. The molecule has 4 aromatic rings. The van der Waals surface area contributed by atoms with Gasteiger partial charge < -0.3 is 31.5 Å². The van der Waals surface area contributed by atoms with E-state index in [0.29, 0.717) is 28.5 Å². The third-order valence-corrected chi connectivity index (χ3v) is 5.92. The van der Waals surface area contributed by atoms with Crippen molar-refractivity contribution in [2.45, 2.75) is 25.6 Å². The molecule has 0 saturated heterocycles. The zero-order chi connectivity index (χ0) is 24.5. The van der Waals surface area contributed by atoms with Crippen molar-refractivity contribution in [1.29, 1.82) is 0 Å². The van der Waals surface area contributed by atoms with E-state index in [2.05, 4.69) is 9.97 Å². The third kappa shape index (κ3) is 5.07. The van der Waals surface area contributed by atoms with Gasteiger partial charge in [0.2, 0.25) is 0 Å². The van der Waals surface area contributed by atoms with Crippen LogP contribution in [0.5, 0.6) is 17.2 Å². The number of anilines is 1. The van der Waals surface area contributed by atoms with Gasteiger partial charge in [0.15, 0.2) is 17.1 Å². The van der Waals surface area contributed by atoms with E-state index in [1.165, 1.54) is 25.3 Å². The van der Waals surface area contributed by atoms with Crippen LogP contribution >= 0.6 is 0 Å². The van der Waals surface area contributed by atoms with Crippen LogP contribution in [0.1, 0.15) is 19.7 Å². The molecule has 5 rings (SSSR count). The largest absolute Gasteiger partial charge is 2.00 e. The van der Waals surface area contributed by atoms with Crippen LogP contribution in [0.2, 0.25) is 0 Å². The van der Waals surface area contributed by atoms with E-state index in [1.54, 1.807) is 36.4 Å².